The lowest BCUT2D eigenvalue weighted by molar-refractivity contribution is -0.152. The standard InChI is InChI=1S/C19H21N3O3/c1-25-18(24)19(11-5-2-6-12-19)22-17(23)10-9-14-13-20-15-7-3-4-8-16(15)21-14/h3-4,7-10,13H,2,5-6,11-12H2,1H3,(H,22,23)/b10-9+. The number of hydrogen-bond donors (Lipinski definition) is 1. The van der Waals surface area contributed by atoms with Crippen molar-refractivity contribution in [1.29, 1.82) is 0 Å². The summed E-state index contributed by atoms with van der Waals surface area (Å²) < 4.78 is 4.90. The fourth-order valence-electron chi connectivity index (χ4n) is 3.22. The molecular weight excluding hydrogens is 318 g/mol. The number of carbonyl (C=O) groups excluding carboxylic acids is 2. The maximum absolute atomic E-state index is 12.3. The molecule has 1 fully saturated rings. The number of amides is 1. The average molecular weight is 339 g/mol. The Morgan fingerprint density at radius 2 is 1.88 bits per heavy atom. The van der Waals surface area contributed by atoms with Gasteiger partial charge in [0.25, 0.3) is 0 Å². The van der Waals surface area contributed by atoms with Gasteiger partial charge in [0.15, 0.2) is 0 Å². The molecule has 3 rings (SSSR count). The minimum atomic E-state index is -0.913. The van der Waals surface area contributed by atoms with Crippen LogP contribution in [0.1, 0.15) is 37.8 Å². The highest BCUT2D eigenvalue weighted by Crippen LogP contribution is 2.29. The van der Waals surface area contributed by atoms with Crippen molar-refractivity contribution in [2.45, 2.75) is 37.6 Å². The highest BCUT2D eigenvalue weighted by atomic mass is 16.5. The van der Waals surface area contributed by atoms with Crippen LogP contribution in [0.3, 0.4) is 0 Å². The predicted molar refractivity (Wildman–Crippen MR) is 94.5 cm³/mol. The summed E-state index contributed by atoms with van der Waals surface area (Å²) in [5.74, 6) is -0.707. The Labute approximate surface area is 146 Å². The molecule has 25 heavy (non-hydrogen) atoms. The second-order valence-corrected chi connectivity index (χ2v) is 6.24. The number of ether oxygens (including phenoxy) is 1. The number of carbonyl (C=O) groups is 2. The van der Waals surface area contributed by atoms with Crippen LogP contribution in [-0.2, 0) is 14.3 Å². The molecule has 1 aromatic carbocycles. The Balaban J connectivity index is 1.73. The Morgan fingerprint density at radius 1 is 1.16 bits per heavy atom. The summed E-state index contributed by atoms with van der Waals surface area (Å²) in [6, 6.07) is 7.54. The van der Waals surface area contributed by atoms with Crippen LogP contribution in [0.5, 0.6) is 0 Å². The number of nitrogens with zero attached hydrogens (tertiary/aromatic N) is 2. The minimum Gasteiger partial charge on any atom is -0.467 e. The first-order valence-corrected chi connectivity index (χ1v) is 8.43. The van der Waals surface area contributed by atoms with Crippen LogP contribution in [0.25, 0.3) is 17.1 Å². The average Bonchev–Trinajstić information content (AvgIpc) is 2.66. The molecule has 0 aliphatic heterocycles. The van der Waals surface area contributed by atoms with E-state index in [1.54, 1.807) is 12.3 Å². The molecule has 2 aromatic rings. The van der Waals surface area contributed by atoms with E-state index in [4.69, 9.17) is 4.74 Å². The van der Waals surface area contributed by atoms with Crippen LogP contribution in [0.15, 0.2) is 36.5 Å². The number of nitrogens with one attached hydrogen (secondary N) is 1. The van der Waals surface area contributed by atoms with E-state index in [2.05, 4.69) is 15.3 Å². The van der Waals surface area contributed by atoms with Gasteiger partial charge in [-0.1, -0.05) is 31.4 Å². The third-order valence-corrected chi connectivity index (χ3v) is 4.52. The van der Waals surface area contributed by atoms with E-state index in [0.29, 0.717) is 18.5 Å². The monoisotopic (exact) mass is 339 g/mol. The van der Waals surface area contributed by atoms with Gasteiger partial charge in [0.2, 0.25) is 5.91 Å². The first-order chi connectivity index (χ1) is 12.1. The van der Waals surface area contributed by atoms with E-state index in [9.17, 15) is 9.59 Å². The molecule has 1 aliphatic rings. The Morgan fingerprint density at radius 3 is 2.60 bits per heavy atom. The lowest BCUT2D eigenvalue weighted by Gasteiger charge is -2.34. The molecule has 1 N–H and O–H groups in total. The van der Waals surface area contributed by atoms with Crippen LogP contribution < -0.4 is 5.32 Å². The van der Waals surface area contributed by atoms with Crippen LogP contribution in [0.4, 0.5) is 0 Å². The highest BCUT2D eigenvalue weighted by Gasteiger charge is 2.41. The summed E-state index contributed by atoms with van der Waals surface area (Å²) >= 11 is 0. The molecule has 6 heteroatoms. The first kappa shape index (κ1) is 17.1. The molecule has 130 valence electrons. The molecule has 1 aromatic heterocycles. The zero-order chi connectivity index (χ0) is 17.7. The summed E-state index contributed by atoms with van der Waals surface area (Å²) in [7, 11) is 1.35. The van der Waals surface area contributed by atoms with Gasteiger partial charge in [-0.15, -0.1) is 0 Å². The fourth-order valence-corrected chi connectivity index (χ4v) is 3.22. The number of esters is 1. The summed E-state index contributed by atoms with van der Waals surface area (Å²) in [6.45, 7) is 0. The Bertz CT molecular complexity index is 810. The molecular formula is C19H21N3O3. The van der Waals surface area contributed by atoms with Crippen molar-refractivity contribution in [2.24, 2.45) is 0 Å². The van der Waals surface area contributed by atoms with Gasteiger partial charge in [0.05, 0.1) is 30.0 Å². The molecule has 0 spiro atoms. The maximum Gasteiger partial charge on any atom is 0.331 e. The van der Waals surface area contributed by atoms with Crippen LogP contribution in [0.2, 0.25) is 0 Å². The van der Waals surface area contributed by atoms with E-state index in [1.807, 2.05) is 24.3 Å². The van der Waals surface area contributed by atoms with Crippen molar-refractivity contribution in [3.05, 3.63) is 42.2 Å². The molecule has 0 radical (unpaired) electrons. The van der Waals surface area contributed by atoms with Gasteiger partial charge in [-0.25, -0.2) is 9.78 Å². The number of hydrogen-bond acceptors (Lipinski definition) is 5. The summed E-state index contributed by atoms with van der Waals surface area (Å²) in [6.07, 6.45) is 8.68. The number of para-hydroxylation sites is 2. The third kappa shape index (κ3) is 3.84. The number of rotatable bonds is 4. The van der Waals surface area contributed by atoms with Crippen molar-refractivity contribution in [3.63, 3.8) is 0 Å². The molecule has 0 unspecified atom stereocenters. The van der Waals surface area contributed by atoms with Gasteiger partial charge >= 0.3 is 5.97 Å². The minimum absolute atomic E-state index is 0.331. The number of methoxy groups -OCH3 is 1. The summed E-state index contributed by atoms with van der Waals surface area (Å²) in [4.78, 5) is 33.2. The largest absolute Gasteiger partial charge is 0.467 e. The molecule has 1 amide bonds. The number of fused-ring (bicyclic) bond motifs is 1. The van der Waals surface area contributed by atoms with Gasteiger partial charge in [-0.3, -0.25) is 9.78 Å². The van der Waals surface area contributed by atoms with Crippen LogP contribution in [0, 0.1) is 0 Å². The van der Waals surface area contributed by atoms with E-state index in [-0.39, 0.29) is 11.9 Å². The smallest absolute Gasteiger partial charge is 0.331 e. The van der Waals surface area contributed by atoms with Crippen LogP contribution in [-0.4, -0.2) is 34.5 Å². The lowest BCUT2D eigenvalue weighted by atomic mass is 9.81. The zero-order valence-corrected chi connectivity index (χ0v) is 14.2. The van der Waals surface area contributed by atoms with E-state index in [0.717, 1.165) is 30.3 Å². The first-order valence-electron chi connectivity index (χ1n) is 8.43. The second kappa shape index (κ2) is 7.42. The maximum atomic E-state index is 12.3. The van der Waals surface area contributed by atoms with E-state index >= 15 is 0 Å². The van der Waals surface area contributed by atoms with Gasteiger partial charge in [-0.05, 0) is 31.1 Å². The van der Waals surface area contributed by atoms with Crippen molar-refractivity contribution >= 4 is 29.0 Å². The lowest BCUT2D eigenvalue weighted by Crippen LogP contribution is -2.55. The highest BCUT2D eigenvalue weighted by molar-refractivity contribution is 5.96. The van der Waals surface area contributed by atoms with Crippen molar-refractivity contribution in [2.75, 3.05) is 7.11 Å². The molecule has 0 saturated heterocycles. The third-order valence-electron chi connectivity index (χ3n) is 4.52. The molecule has 1 heterocycles. The Hall–Kier alpha value is -2.76. The van der Waals surface area contributed by atoms with E-state index < -0.39 is 5.54 Å². The van der Waals surface area contributed by atoms with Crippen molar-refractivity contribution in [1.82, 2.24) is 15.3 Å². The molecule has 0 bridgehead atoms. The number of benzene rings is 1. The summed E-state index contributed by atoms with van der Waals surface area (Å²) in [5, 5.41) is 2.84. The van der Waals surface area contributed by atoms with Crippen molar-refractivity contribution in [3.8, 4) is 0 Å². The molecule has 0 atom stereocenters. The summed E-state index contributed by atoms with van der Waals surface area (Å²) in [5.41, 5.74) is 1.24. The normalized spacial score (nSPS) is 16.7. The zero-order valence-electron chi connectivity index (χ0n) is 14.2. The Kier molecular flexibility index (Phi) is 5.07. The van der Waals surface area contributed by atoms with Gasteiger partial charge in [0.1, 0.15) is 5.54 Å². The van der Waals surface area contributed by atoms with Gasteiger partial charge in [-0.2, -0.15) is 0 Å². The predicted octanol–water partition coefficient (Wildman–Crippen LogP) is 2.64. The molecule has 1 aliphatic carbocycles. The fraction of sp³-hybridized carbons (Fsp3) is 0.368. The second-order valence-electron chi connectivity index (χ2n) is 6.24. The molecule has 1 saturated carbocycles. The van der Waals surface area contributed by atoms with Crippen LogP contribution >= 0.6 is 0 Å². The van der Waals surface area contributed by atoms with E-state index in [1.165, 1.54) is 13.2 Å². The quantitative estimate of drug-likeness (QED) is 0.684. The van der Waals surface area contributed by atoms with Crippen molar-refractivity contribution < 1.29 is 14.3 Å². The molecule has 6 nitrogen and oxygen atoms in total. The van der Waals surface area contributed by atoms with Gasteiger partial charge in [0, 0.05) is 6.08 Å². The number of aromatic nitrogens is 2. The van der Waals surface area contributed by atoms with Gasteiger partial charge < -0.3 is 10.1 Å². The SMILES string of the molecule is COC(=O)C1(NC(=O)/C=C/c2cnc3ccccc3n2)CCCCC1. The topological polar surface area (TPSA) is 81.2 Å².